The maximum Gasteiger partial charge on any atom is 0.252 e. The Morgan fingerprint density at radius 2 is 1.64 bits per heavy atom. The second-order valence-electron chi connectivity index (χ2n) is 6.69. The molecule has 0 aliphatic carbocycles. The van der Waals surface area contributed by atoms with Gasteiger partial charge in [-0.2, -0.15) is 0 Å². The average molecular weight is 333 g/mol. The second-order valence-corrected chi connectivity index (χ2v) is 6.69. The van der Waals surface area contributed by atoms with Crippen molar-refractivity contribution in [2.45, 2.75) is 25.4 Å². The highest BCUT2D eigenvalue weighted by Crippen LogP contribution is 2.19. The highest BCUT2D eigenvalue weighted by Gasteiger charge is 2.21. The lowest BCUT2D eigenvalue weighted by molar-refractivity contribution is 0.0479. The Balaban J connectivity index is 1.62. The molecule has 0 aliphatic rings. The Bertz CT molecular complexity index is 851. The predicted molar refractivity (Wildman–Crippen MR) is 102 cm³/mol. The minimum absolute atomic E-state index is 0.156. The summed E-state index contributed by atoms with van der Waals surface area (Å²) in [4.78, 5) is 12.6. The van der Waals surface area contributed by atoms with Crippen molar-refractivity contribution in [2.75, 3.05) is 6.54 Å². The van der Waals surface area contributed by atoms with Crippen molar-refractivity contribution in [3.05, 3.63) is 83.9 Å². The van der Waals surface area contributed by atoms with E-state index in [1.807, 2.05) is 72.8 Å². The largest absolute Gasteiger partial charge is 0.388 e. The first-order valence-corrected chi connectivity index (χ1v) is 8.57. The first-order valence-electron chi connectivity index (χ1n) is 8.57. The van der Waals surface area contributed by atoms with Gasteiger partial charge in [-0.1, -0.05) is 66.7 Å². The van der Waals surface area contributed by atoms with Gasteiger partial charge in [0.05, 0.1) is 5.60 Å². The van der Waals surface area contributed by atoms with Gasteiger partial charge in [-0.15, -0.1) is 0 Å². The van der Waals surface area contributed by atoms with Crippen LogP contribution in [0.25, 0.3) is 10.8 Å². The van der Waals surface area contributed by atoms with Gasteiger partial charge in [-0.05, 0) is 42.2 Å². The van der Waals surface area contributed by atoms with Crippen LogP contribution >= 0.6 is 0 Å². The molecule has 1 atom stereocenters. The minimum Gasteiger partial charge on any atom is -0.388 e. The molecular weight excluding hydrogens is 310 g/mol. The number of hydrogen-bond donors (Lipinski definition) is 2. The van der Waals surface area contributed by atoms with Crippen molar-refractivity contribution in [1.82, 2.24) is 5.32 Å². The third kappa shape index (κ3) is 4.46. The Morgan fingerprint density at radius 3 is 2.44 bits per heavy atom. The zero-order valence-corrected chi connectivity index (χ0v) is 14.4. The molecule has 25 heavy (non-hydrogen) atoms. The van der Waals surface area contributed by atoms with Gasteiger partial charge in [0.1, 0.15) is 0 Å². The van der Waals surface area contributed by atoms with Gasteiger partial charge in [0.15, 0.2) is 0 Å². The van der Waals surface area contributed by atoms with Gasteiger partial charge in [0, 0.05) is 12.1 Å². The number of rotatable bonds is 6. The van der Waals surface area contributed by atoms with Gasteiger partial charge in [-0.3, -0.25) is 4.79 Å². The number of nitrogens with one attached hydrogen (secondary N) is 1. The van der Waals surface area contributed by atoms with E-state index in [4.69, 9.17) is 0 Å². The van der Waals surface area contributed by atoms with E-state index in [9.17, 15) is 9.90 Å². The lowest BCUT2D eigenvalue weighted by Crippen LogP contribution is -2.41. The first-order chi connectivity index (χ1) is 12.1. The third-order valence-electron chi connectivity index (χ3n) is 4.46. The van der Waals surface area contributed by atoms with Crippen LogP contribution in [0, 0.1) is 0 Å². The molecule has 3 rings (SSSR count). The maximum atomic E-state index is 12.6. The Labute approximate surface area is 148 Å². The predicted octanol–water partition coefficient (Wildman–Crippen LogP) is 3.95. The molecule has 3 nitrogen and oxygen atoms in total. The number of hydrogen-bond acceptors (Lipinski definition) is 2. The smallest absolute Gasteiger partial charge is 0.252 e. The van der Waals surface area contributed by atoms with E-state index in [0.29, 0.717) is 12.0 Å². The van der Waals surface area contributed by atoms with Gasteiger partial charge in [0.2, 0.25) is 0 Å². The van der Waals surface area contributed by atoms with Crippen LogP contribution in [0.4, 0.5) is 0 Å². The van der Waals surface area contributed by atoms with Crippen LogP contribution in [-0.2, 0) is 6.42 Å². The number of aliphatic hydroxyl groups is 1. The van der Waals surface area contributed by atoms with Crippen LogP contribution in [0.2, 0.25) is 0 Å². The molecule has 0 fully saturated rings. The van der Waals surface area contributed by atoms with Crippen molar-refractivity contribution >= 4 is 16.7 Å². The van der Waals surface area contributed by atoms with Gasteiger partial charge in [-0.25, -0.2) is 0 Å². The number of aryl methyl sites for hydroxylation is 1. The number of carbonyl (C=O) groups excluding carboxylic acids is 1. The fourth-order valence-corrected chi connectivity index (χ4v) is 2.94. The number of carbonyl (C=O) groups is 1. The molecule has 3 aromatic rings. The zero-order valence-electron chi connectivity index (χ0n) is 14.4. The van der Waals surface area contributed by atoms with E-state index >= 15 is 0 Å². The molecule has 0 saturated carbocycles. The summed E-state index contributed by atoms with van der Waals surface area (Å²) in [5.41, 5.74) is 0.871. The van der Waals surface area contributed by atoms with Crippen LogP contribution < -0.4 is 5.32 Å². The number of benzene rings is 3. The number of amides is 1. The summed E-state index contributed by atoms with van der Waals surface area (Å²) in [5, 5.41) is 15.4. The SMILES string of the molecule is C[C@@](O)(CCc1ccccc1)CNC(=O)c1cccc2ccccc12. The van der Waals surface area contributed by atoms with Gasteiger partial charge in [0.25, 0.3) is 5.91 Å². The number of fused-ring (bicyclic) bond motifs is 1. The minimum atomic E-state index is -0.948. The fraction of sp³-hybridized carbons (Fsp3) is 0.227. The molecule has 0 bridgehead atoms. The molecule has 0 unspecified atom stereocenters. The van der Waals surface area contributed by atoms with Crippen molar-refractivity contribution in [1.29, 1.82) is 0 Å². The van der Waals surface area contributed by atoms with Crippen LogP contribution in [0.1, 0.15) is 29.3 Å². The molecule has 0 aromatic heterocycles. The summed E-state index contributed by atoms with van der Waals surface area (Å²) in [6, 6.07) is 23.6. The fourth-order valence-electron chi connectivity index (χ4n) is 2.94. The summed E-state index contributed by atoms with van der Waals surface area (Å²) in [5.74, 6) is -0.156. The summed E-state index contributed by atoms with van der Waals surface area (Å²) in [7, 11) is 0. The summed E-state index contributed by atoms with van der Waals surface area (Å²) in [6.07, 6.45) is 1.37. The summed E-state index contributed by atoms with van der Waals surface area (Å²) < 4.78 is 0. The summed E-state index contributed by atoms with van der Waals surface area (Å²) >= 11 is 0. The van der Waals surface area contributed by atoms with Crippen LogP contribution in [0.3, 0.4) is 0 Å². The molecule has 128 valence electrons. The molecular formula is C22H23NO2. The molecule has 2 N–H and O–H groups in total. The lowest BCUT2D eigenvalue weighted by atomic mass is 9.96. The standard InChI is InChI=1S/C22H23NO2/c1-22(25,15-14-17-8-3-2-4-9-17)16-23-21(24)20-13-7-11-18-10-5-6-12-19(18)20/h2-13,25H,14-16H2,1H3,(H,23,24)/t22-/m1/s1. The molecule has 0 heterocycles. The Kier molecular flexibility index (Phi) is 5.15. The third-order valence-corrected chi connectivity index (χ3v) is 4.46. The van der Waals surface area contributed by atoms with Crippen molar-refractivity contribution in [3.63, 3.8) is 0 Å². The van der Waals surface area contributed by atoms with E-state index in [1.54, 1.807) is 6.92 Å². The molecule has 3 aromatic carbocycles. The van der Waals surface area contributed by atoms with E-state index in [-0.39, 0.29) is 12.5 Å². The van der Waals surface area contributed by atoms with E-state index in [1.165, 1.54) is 5.56 Å². The second kappa shape index (κ2) is 7.49. The Hall–Kier alpha value is -2.65. The van der Waals surface area contributed by atoms with Gasteiger partial charge < -0.3 is 10.4 Å². The van der Waals surface area contributed by atoms with Crippen molar-refractivity contribution in [2.24, 2.45) is 0 Å². The molecule has 1 amide bonds. The monoisotopic (exact) mass is 333 g/mol. The van der Waals surface area contributed by atoms with Crippen LogP contribution in [-0.4, -0.2) is 23.2 Å². The van der Waals surface area contributed by atoms with Crippen LogP contribution in [0.15, 0.2) is 72.8 Å². The molecule has 0 saturated heterocycles. The molecule has 0 aliphatic heterocycles. The average Bonchev–Trinajstić information content (AvgIpc) is 2.65. The highest BCUT2D eigenvalue weighted by molar-refractivity contribution is 6.07. The lowest BCUT2D eigenvalue weighted by Gasteiger charge is -2.24. The van der Waals surface area contributed by atoms with Gasteiger partial charge >= 0.3 is 0 Å². The summed E-state index contributed by atoms with van der Waals surface area (Å²) in [6.45, 7) is 1.99. The molecule has 3 heteroatoms. The molecule has 0 radical (unpaired) electrons. The highest BCUT2D eigenvalue weighted by atomic mass is 16.3. The van der Waals surface area contributed by atoms with Crippen molar-refractivity contribution < 1.29 is 9.90 Å². The van der Waals surface area contributed by atoms with E-state index in [0.717, 1.165) is 17.2 Å². The van der Waals surface area contributed by atoms with Crippen LogP contribution in [0.5, 0.6) is 0 Å². The maximum absolute atomic E-state index is 12.6. The quantitative estimate of drug-likeness (QED) is 0.717. The zero-order chi connectivity index (χ0) is 17.7. The topological polar surface area (TPSA) is 49.3 Å². The van der Waals surface area contributed by atoms with E-state index in [2.05, 4.69) is 5.32 Å². The normalized spacial score (nSPS) is 13.4. The van der Waals surface area contributed by atoms with Crippen molar-refractivity contribution in [3.8, 4) is 0 Å². The first kappa shape index (κ1) is 17.2. The van der Waals surface area contributed by atoms with E-state index < -0.39 is 5.60 Å². The molecule has 0 spiro atoms. The Morgan fingerprint density at radius 1 is 0.960 bits per heavy atom.